The summed E-state index contributed by atoms with van der Waals surface area (Å²) in [5, 5.41) is 1.13. The minimum atomic E-state index is 0.172. The van der Waals surface area contributed by atoms with Gasteiger partial charge in [0.25, 0.3) is 0 Å². The van der Waals surface area contributed by atoms with Crippen LogP contribution in [0.5, 0.6) is 0 Å². The van der Waals surface area contributed by atoms with Crippen LogP contribution in [0.25, 0.3) is 16.6 Å². The zero-order valence-corrected chi connectivity index (χ0v) is 16.1. The normalized spacial score (nSPS) is 18.6. The lowest BCUT2D eigenvalue weighted by atomic mass is 10.00. The van der Waals surface area contributed by atoms with Crippen molar-refractivity contribution >= 4 is 38.6 Å². The molecule has 0 saturated heterocycles. The molecule has 0 spiro atoms. The summed E-state index contributed by atoms with van der Waals surface area (Å²) in [6, 6.07) is 2.70. The maximum Gasteiger partial charge on any atom is 0.320 e. The monoisotopic (exact) mass is 402 g/mol. The minimum absolute atomic E-state index is 0.172. The van der Waals surface area contributed by atoms with Crippen molar-refractivity contribution in [3.8, 4) is 0 Å². The molecule has 2 aliphatic rings. The van der Waals surface area contributed by atoms with Gasteiger partial charge in [-0.2, -0.15) is 0 Å². The highest BCUT2D eigenvalue weighted by atomic mass is 79.9. The number of halogens is 1. The molecule has 25 heavy (non-hydrogen) atoms. The van der Waals surface area contributed by atoms with E-state index in [4.69, 9.17) is 0 Å². The second-order valence-electron chi connectivity index (χ2n) is 7.01. The van der Waals surface area contributed by atoms with Crippen molar-refractivity contribution in [1.29, 1.82) is 0 Å². The molecule has 6 heteroatoms. The summed E-state index contributed by atoms with van der Waals surface area (Å²) in [5.74, 6) is 0. The molecule has 2 aromatic heterocycles. The fourth-order valence-electron chi connectivity index (χ4n) is 4.00. The van der Waals surface area contributed by atoms with E-state index in [0.29, 0.717) is 12.6 Å². The van der Waals surface area contributed by atoms with Crippen LogP contribution in [-0.2, 0) is 0 Å². The van der Waals surface area contributed by atoms with E-state index in [0.717, 1.165) is 41.3 Å². The highest BCUT2D eigenvalue weighted by molar-refractivity contribution is 9.10. The van der Waals surface area contributed by atoms with Crippen LogP contribution in [0, 0.1) is 0 Å². The summed E-state index contributed by atoms with van der Waals surface area (Å²) in [7, 11) is 1.96. The second-order valence-corrected chi connectivity index (χ2v) is 7.92. The standard InChI is InChI=1S/C19H23BrN4O/c1-23(15-4-2-3-5-15)19(25)24-8-6-13(7-9-24)17-12-22-18-16(17)10-14(20)11-21-18/h6,10-12,15H,2-5,7-9H2,1H3,(H,21,22). The van der Waals surface area contributed by atoms with Crippen molar-refractivity contribution in [1.82, 2.24) is 19.8 Å². The van der Waals surface area contributed by atoms with Crippen LogP contribution < -0.4 is 0 Å². The Bertz CT molecular complexity index is 822. The fourth-order valence-corrected chi connectivity index (χ4v) is 4.33. The quantitative estimate of drug-likeness (QED) is 0.808. The highest BCUT2D eigenvalue weighted by Crippen LogP contribution is 2.30. The Hall–Kier alpha value is -1.82. The summed E-state index contributed by atoms with van der Waals surface area (Å²) < 4.78 is 0.979. The molecule has 1 aliphatic carbocycles. The van der Waals surface area contributed by atoms with Crippen LogP contribution in [0.1, 0.15) is 37.7 Å². The molecule has 0 unspecified atom stereocenters. The smallest absolute Gasteiger partial charge is 0.320 e. The van der Waals surface area contributed by atoms with Gasteiger partial charge in [0.15, 0.2) is 0 Å². The zero-order chi connectivity index (χ0) is 17.4. The van der Waals surface area contributed by atoms with Gasteiger partial charge in [-0.3, -0.25) is 0 Å². The van der Waals surface area contributed by atoms with E-state index in [1.165, 1.54) is 24.0 Å². The van der Waals surface area contributed by atoms with Crippen molar-refractivity contribution in [3.05, 3.63) is 34.6 Å². The Morgan fingerprint density at radius 3 is 2.92 bits per heavy atom. The van der Waals surface area contributed by atoms with E-state index in [1.54, 1.807) is 6.20 Å². The van der Waals surface area contributed by atoms with E-state index in [-0.39, 0.29) is 6.03 Å². The summed E-state index contributed by atoms with van der Waals surface area (Å²) in [5.41, 5.74) is 3.39. The Kier molecular flexibility index (Phi) is 4.54. The van der Waals surface area contributed by atoms with Gasteiger partial charge < -0.3 is 14.8 Å². The summed E-state index contributed by atoms with van der Waals surface area (Å²) >= 11 is 3.50. The van der Waals surface area contributed by atoms with Gasteiger partial charge in [0.1, 0.15) is 5.65 Å². The molecule has 4 rings (SSSR count). The first-order valence-electron chi connectivity index (χ1n) is 8.97. The lowest BCUT2D eigenvalue weighted by Gasteiger charge is -2.33. The van der Waals surface area contributed by atoms with E-state index in [1.807, 2.05) is 23.0 Å². The van der Waals surface area contributed by atoms with E-state index >= 15 is 0 Å². The van der Waals surface area contributed by atoms with Gasteiger partial charge in [0.05, 0.1) is 0 Å². The molecule has 1 fully saturated rings. The Morgan fingerprint density at radius 2 is 2.20 bits per heavy atom. The molecule has 1 aliphatic heterocycles. The molecule has 5 nitrogen and oxygen atoms in total. The first-order valence-corrected chi connectivity index (χ1v) is 9.76. The average molecular weight is 403 g/mol. The molecule has 3 heterocycles. The number of pyridine rings is 1. The van der Waals surface area contributed by atoms with Gasteiger partial charge >= 0.3 is 6.03 Å². The van der Waals surface area contributed by atoms with Gasteiger partial charge in [-0.15, -0.1) is 0 Å². The molecule has 0 atom stereocenters. The number of rotatable bonds is 2. The third-order valence-electron chi connectivity index (χ3n) is 5.50. The minimum Gasteiger partial charge on any atom is -0.346 e. The number of carbonyl (C=O) groups excluding carboxylic acids is 1. The van der Waals surface area contributed by atoms with Gasteiger partial charge in [-0.25, -0.2) is 9.78 Å². The topological polar surface area (TPSA) is 52.2 Å². The average Bonchev–Trinajstić information content (AvgIpc) is 3.30. The number of hydrogen-bond donors (Lipinski definition) is 1. The number of aromatic amines is 1. The van der Waals surface area contributed by atoms with Gasteiger partial charge in [0, 0.05) is 54.0 Å². The SMILES string of the molecule is CN(C(=O)N1CC=C(c2c[nH]c3ncc(Br)cc23)CC1)C1CCCC1. The number of amides is 2. The Balaban J connectivity index is 1.49. The third kappa shape index (κ3) is 3.19. The number of urea groups is 1. The molecule has 132 valence electrons. The van der Waals surface area contributed by atoms with Crippen molar-refractivity contribution in [2.75, 3.05) is 20.1 Å². The first kappa shape index (κ1) is 16.6. The maximum absolute atomic E-state index is 12.7. The largest absolute Gasteiger partial charge is 0.346 e. The van der Waals surface area contributed by atoms with Gasteiger partial charge in [-0.1, -0.05) is 18.9 Å². The second kappa shape index (κ2) is 6.83. The lowest BCUT2D eigenvalue weighted by Crippen LogP contribution is -2.46. The van der Waals surface area contributed by atoms with Crippen molar-refractivity contribution in [2.24, 2.45) is 0 Å². The predicted octanol–water partition coefficient (Wildman–Crippen LogP) is 4.41. The predicted molar refractivity (Wildman–Crippen MR) is 103 cm³/mol. The number of nitrogens with zero attached hydrogens (tertiary/aromatic N) is 3. The van der Waals surface area contributed by atoms with E-state index < -0.39 is 0 Å². The number of nitrogens with one attached hydrogen (secondary N) is 1. The van der Waals surface area contributed by atoms with Crippen LogP contribution in [0.4, 0.5) is 4.79 Å². The molecule has 1 saturated carbocycles. The van der Waals surface area contributed by atoms with E-state index in [9.17, 15) is 4.79 Å². The van der Waals surface area contributed by atoms with Gasteiger partial charge in [-0.05, 0) is 46.8 Å². The molecular weight excluding hydrogens is 380 g/mol. The molecule has 1 N–H and O–H groups in total. The first-order chi connectivity index (χ1) is 12.1. The van der Waals surface area contributed by atoms with Crippen molar-refractivity contribution in [2.45, 2.75) is 38.1 Å². The highest BCUT2D eigenvalue weighted by Gasteiger charge is 2.28. The molecule has 0 radical (unpaired) electrons. The van der Waals surface area contributed by atoms with Crippen LogP contribution in [0.2, 0.25) is 0 Å². The number of fused-ring (bicyclic) bond motifs is 1. The third-order valence-corrected chi connectivity index (χ3v) is 5.93. The van der Waals surface area contributed by atoms with Crippen LogP contribution in [0.3, 0.4) is 0 Å². The Labute approximate surface area is 156 Å². The molecule has 0 aromatic carbocycles. The lowest BCUT2D eigenvalue weighted by molar-refractivity contribution is 0.151. The van der Waals surface area contributed by atoms with Crippen LogP contribution >= 0.6 is 15.9 Å². The summed E-state index contributed by atoms with van der Waals surface area (Å²) in [6.45, 7) is 1.45. The number of hydrogen-bond acceptors (Lipinski definition) is 2. The zero-order valence-electron chi connectivity index (χ0n) is 14.5. The molecular formula is C19H23BrN4O. The summed E-state index contributed by atoms with van der Waals surface area (Å²) in [6.07, 6.45) is 11.7. The number of H-pyrrole nitrogens is 1. The van der Waals surface area contributed by atoms with E-state index in [2.05, 4.69) is 38.0 Å². The van der Waals surface area contributed by atoms with Gasteiger partial charge in [0.2, 0.25) is 0 Å². The Morgan fingerprint density at radius 1 is 1.40 bits per heavy atom. The van der Waals surface area contributed by atoms with Crippen LogP contribution in [0.15, 0.2) is 29.0 Å². The number of aromatic nitrogens is 2. The van der Waals surface area contributed by atoms with Crippen molar-refractivity contribution < 1.29 is 4.79 Å². The fraction of sp³-hybridized carbons (Fsp3) is 0.474. The molecule has 0 bridgehead atoms. The summed E-state index contributed by atoms with van der Waals surface area (Å²) in [4.78, 5) is 24.3. The number of carbonyl (C=O) groups is 1. The van der Waals surface area contributed by atoms with Crippen molar-refractivity contribution in [3.63, 3.8) is 0 Å². The molecule has 2 aromatic rings. The molecule has 2 amide bonds. The van der Waals surface area contributed by atoms with Crippen LogP contribution in [-0.4, -0.2) is 52.0 Å². The maximum atomic E-state index is 12.7.